The van der Waals surface area contributed by atoms with Gasteiger partial charge in [-0.05, 0) is 36.1 Å². The molecular weight excluding hydrogens is 520 g/mol. The van der Waals surface area contributed by atoms with Crippen LogP contribution in [-0.4, -0.2) is 61.4 Å². The normalized spacial score (nSPS) is 12.2. The number of carbonyl (C=O) groups is 1. The molecule has 5 aromatic rings. The number of methoxy groups -OCH3 is 2. The van der Waals surface area contributed by atoms with Crippen LogP contribution in [0, 0.1) is 0 Å². The number of rotatable bonds is 9. The lowest BCUT2D eigenvalue weighted by molar-refractivity contribution is 0.0696. The third-order valence-electron chi connectivity index (χ3n) is 7.43. The highest BCUT2D eigenvalue weighted by atomic mass is 16.5. The number of carboxylic acids is 1. The number of fused-ring (bicyclic) bond motifs is 3. The molecule has 3 aromatic heterocycles. The van der Waals surface area contributed by atoms with Crippen molar-refractivity contribution in [3.05, 3.63) is 89.3 Å². The molecule has 0 bridgehead atoms. The first-order chi connectivity index (χ1) is 19.9. The second kappa shape index (κ2) is 11.0. The summed E-state index contributed by atoms with van der Waals surface area (Å²) in [5.41, 5.74) is 9.22. The maximum atomic E-state index is 11.4. The monoisotopic (exact) mass is 550 g/mol. The van der Waals surface area contributed by atoms with Gasteiger partial charge >= 0.3 is 5.97 Å². The number of aromatic nitrogens is 6. The Morgan fingerprint density at radius 2 is 1.83 bits per heavy atom. The van der Waals surface area contributed by atoms with E-state index in [9.17, 15) is 9.90 Å². The number of benzene rings is 2. The van der Waals surface area contributed by atoms with E-state index in [0.29, 0.717) is 31.1 Å². The van der Waals surface area contributed by atoms with Crippen LogP contribution in [0.1, 0.15) is 33.0 Å². The summed E-state index contributed by atoms with van der Waals surface area (Å²) in [4.78, 5) is 21.1. The Morgan fingerprint density at radius 3 is 2.59 bits per heavy atom. The Hall–Kier alpha value is -4.83. The van der Waals surface area contributed by atoms with Crippen LogP contribution in [0.3, 0.4) is 0 Å². The van der Waals surface area contributed by atoms with Gasteiger partial charge in [-0.2, -0.15) is 10.2 Å². The third kappa shape index (κ3) is 5.09. The summed E-state index contributed by atoms with van der Waals surface area (Å²) in [6.07, 6.45) is 7.85. The van der Waals surface area contributed by atoms with Crippen molar-refractivity contribution >= 4 is 5.97 Å². The van der Waals surface area contributed by atoms with Crippen LogP contribution in [-0.2, 0) is 37.6 Å². The smallest absolute Gasteiger partial charge is 0.335 e. The van der Waals surface area contributed by atoms with Gasteiger partial charge in [-0.3, -0.25) is 9.36 Å². The van der Waals surface area contributed by atoms with Gasteiger partial charge < -0.3 is 14.6 Å². The zero-order chi connectivity index (χ0) is 28.5. The van der Waals surface area contributed by atoms with Gasteiger partial charge in [0.1, 0.15) is 11.6 Å². The van der Waals surface area contributed by atoms with E-state index in [4.69, 9.17) is 19.6 Å². The van der Waals surface area contributed by atoms with Crippen molar-refractivity contribution in [2.45, 2.75) is 25.8 Å². The molecule has 1 N–H and O–H groups in total. The quantitative estimate of drug-likeness (QED) is 0.286. The van der Waals surface area contributed by atoms with E-state index in [1.54, 1.807) is 19.2 Å². The Labute approximate surface area is 237 Å². The van der Waals surface area contributed by atoms with Gasteiger partial charge in [-0.15, -0.1) is 0 Å². The summed E-state index contributed by atoms with van der Waals surface area (Å²) in [7, 11) is 5.19. The fourth-order valence-corrected chi connectivity index (χ4v) is 5.35. The Morgan fingerprint density at radius 1 is 1.02 bits per heavy atom. The van der Waals surface area contributed by atoms with Gasteiger partial charge in [0.05, 0.1) is 49.1 Å². The highest BCUT2D eigenvalue weighted by molar-refractivity contribution is 5.88. The minimum absolute atomic E-state index is 0.174. The van der Waals surface area contributed by atoms with E-state index in [2.05, 4.69) is 34.3 Å². The van der Waals surface area contributed by atoms with Crippen molar-refractivity contribution in [1.82, 2.24) is 29.5 Å². The predicted molar refractivity (Wildman–Crippen MR) is 153 cm³/mol. The molecule has 2 aromatic carbocycles. The summed E-state index contributed by atoms with van der Waals surface area (Å²) in [6.45, 7) is 1.32. The zero-order valence-corrected chi connectivity index (χ0v) is 23.2. The zero-order valence-electron chi connectivity index (χ0n) is 23.2. The number of ether oxygens (including phenoxy) is 2. The molecular formula is C31H30N6O4. The van der Waals surface area contributed by atoms with E-state index in [-0.39, 0.29) is 5.56 Å². The van der Waals surface area contributed by atoms with Crippen molar-refractivity contribution in [3.63, 3.8) is 0 Å². The van der Waals surface area contributed by atoms with E-state index in [1.807, 2.05) is 35.0 Å². The third-order valence-corrected chi connectivity index (χ3v) is 7.43. The molecule has 10 heteroatoms. The van der Waals surface area contributed by atoms with Crippen LogP contribution in [0.15, 0.2) is 61.1 Å². The second-order valence-corrected chi connectivity index (χ2v) is 10.0. The Kier molecular flexibility index (Phi) is 7.07. The molecule has 1 aliphatic carbocycles. The van der Waals surface area contributed by atoms with Crippen molar-refractivity contribution < 1.29 is 19.4 Å². The molecule has 0 spiro atoms. The molecule has 0 amide bonds. The van der Waals surface area contributed by atoms with Crippen LogP contribution in [0.4, 0.5) is 0 Å². The summed E-state index contributed by atoms with van der Waals surface area (Å²) < 4.78 is 14.5. The molecule has 41 heavy (non-hydrogen) atoms. The second-order valence-electron chi connectivity index (χ2n) is 10.0. The standard InChI is InChI=1S/C31H30N6O4/c1-36-30(20-6-4-19(5-7-20)24-17-33-37(18-24)12-13-40-2)28-25(35-36)11-10-23-16-32-27(34-29(23)28)15-21-8-9-22(31(38)39)14-26(21)41-3/h4-9,14,16-18H,10-13,15H2,1-3H3,(H,38,39). The van der Waals surface area contributed by atoms with Gasteiger partial charge in [0.25, 0.3) is 0 Å². The number of aromatic carboxylic acids is 1. The SMILES string of the molecule is COCCn1cc(-c2ccc(-c3c4c(nn3C)CCc3cnc(Cc5ccc(C(=O)O)cc5OC)nc3-4)cc2)cn1. The molecule has 0 radical (unpaired) electrons. The van der Waals surface area contributed by atoms with Gasteiger partial charge in [-0.25, -0.2) is 14.8 Å². The molecule has 0 aliphatic heterocycles. The lowest BCUT2D eigenvalue weighted by atomic mass is 9.91. The number of hydrogen-bond donors (Lipinski definition) is 1. The molecule has 10 nitrogen and oxygen atoms in total. The summed E-state index contributed by atoms with van der Waals surface area (Å²) in [5, 5.41) is 18.6. The fourth-order valence-electron chi connectivity index (χ4n) is 5.35. The van der Waals surface area contributed by atoms with Gasteiger partial charge in [-0.1, -0.05) is 30.3 Å². The largest absolute Gasteiger partial charge is 0.496 e. The maximum Gasteiger partial charge on any atom is 0.335 e. The molecule has 0 fully saturated rings. The lowest BCUT2D eigenvalue weighted by Crippen LogP contribution is -2.09. The minimum atomic E-state index is -0.998. The molecule has 6 rings (SSSR count). The number of carboxylic acid groups (broad SMARTS) is 1. The summed E-state index contributed by atoms with van der Waals surface area (Å²) >= 11 is 0. The van der Waals surface area contributed by atoms with Crippen LogP contribution in [0.2, 0.25) is 0 Å². The molecule has 1 aliphatic rings. The van der Waals surface area contributed by atoms with Gasteiger partial charge in [0, 0.05) is 55.2 Å². The molecule has 0 unspecified atom stereocenters. The average molecular weight is 551 g/mol. The molecule has 3 heterocycles. The number of hydrogen-bond acceptors (Lipinski definition) is 7. The number of nitrogens with zero attached hydrogens (tertiary/aromatic N) is 6. The summed E-state index contributed by atoms with van der Waals surface area (Å²) in [6, 6.07) is 13.3. The highest BCUT2D eigenvalue weighted by Gasteiger charge is 2.27. The van der Waals surface area contributed by atoms with E-state index < -0.39 is 5.97 Å². The Balaban J connectivity index is 1.33. The number of aryl methyl sites for hydroxylation is 3. The van der Waals surface area contributed by atoms with Gasteiger partial charge in [0.2, 0.25) is 0 Å². The molecule has 208 valence electrons. The van der Waals surface area contributed by atoms with Gasteiger partial charge in [0.15, 0.2) is 0 Å². The van der Waals surface area contributed by atoms with Crippen molar-refractivity contribution in [1.29, 1.82) is 0 Å². The molecule has 0 atom stereocenters. The average Bonchev–Trinajstić information content (AvgIpc) is 3.60. The van der Waals surface area contributed by atoms with Crippen LogP contribution < -0.4 is 4.74 Å². The van der Waals surface area contributed by atoms with E-state index in [0.717, 1.165) is 63.3 Å². The van der Waals surface area contributed by atoms with Crippen LogP contribution >= 0.6 is 0 Å². The fraction of sp³-hybridized carbons (Fsp3) is 0.258. The predicted octanol–water partition coefficient (Wildman–Crippen LogP) is 4.45. The first-order valence-corrected chi connectivity index (χ1v) is 13.4. The summed E-state index contributed by atoms with van der Waals surface area (Å²) in [5.74, 6) is 0.133. The topological polar surface area (TPSA) is 117 Å². The molecule has 0 saturated heterocycles. The van der Waals surface area contributed by atoms with Crippen molar-refractivity contribution in [2.75, 3.05) is 20.8 Å². The first kappa shape index (κ1) is 26.4. The minimum Gasteiger partial charge on any atom is -0.496 e. The van der Waals surface area contributed by atoms with Crippen LogP contribution in [0.5, 0.6) is 5.75 Å². The highest BCUT2D eigenvalue weighted by Crippen LogP contribution is 2.40. The van der Waals surface area contributed by atoms with E-state index >= 15 is 0 Å². The van der Waals surface area contributed by atoms with Crippen molar-refractivity contribution in [3.8, 4) is 39.4 Å². The van der Waals surface area contributed by atoms with Crippen LogP contribution in [0.25, 0.3) is 33.6 Å². The van der Waals surface area contributed by atoms with Crippen molar-refractivity contribution in [2.24, 2.45) is 7.05 Å². The van der Waals surface area contributed by atoms with E-state index in [1.165, 1.54) is 13.2 Å². The Bertz CT molecular complexity index is 1740. The maximum absolute atomic E-state index is 11.4. The lowest BCUT2D eigenvalue weighted by Gasteiger charge is -2.17. The first-order valence-electron chi connectivity index (χ1n) is 13.4. The molecule has 0 saturated carbocycles.